The summed E-state index contributed by atoms with van der Waals surface area (Å²) in [5.41, 5.74) is 6.85. The largest absolute Gasteiger partial charge is 0.384 e. The van der Waals surface area contributed by atoms with E-state index in [9.17, 15) is 0 Å². The standard InChI is InChI=1S/C9H16N4/c1-7-5-9(10)13(12-7)8-3-2-4-11-6-8/h5,8,11H,2-4,6,10H2,1H3/t8-/m0/s1. The highest BCUT2D eigenvalue weighted by Gasteiger charge is 2.17. The lowest BCUT2D eigenvalue weighted by molar-refractivity contribution is 0.349. The van der Waals surface area contributed by atoms with Crippen molar-refractivity contribution in [2.45, 2.75) is 25.8 Å². The first kappa shape index (κ1) is 8.56. The first-order valence-corrected chi connectivity index (χ1v) is 4.80. The average molecular weight is 180 g/mol. The molecular weight excluding hydrogens is 164 g/mol. The summed E-state index contributed by atoms with van der Waals surface area (Å²) in [4.78, 5) is 0. The van der Waals surface area contributed by atoms with Crippen LogP contribution >= 0.6 is 0 Å². The van der Waals surface area contributed by atoms with Gasteiger partial charge in [-0.2, -0.15) is 5.10 Å². The molecule has 4 heteroatoms. The number of aromatic nitrogens is 2. The quantitative estimate of drug-likeness (QED) is 0.669. The van der Waals surface area contributed by atoms with Gasteiger partial charge in [-0.05, 0) is 26.3 Å². The van der Waals surface area contributed by atoms with Crippen molar-refractivity contribution in [3.8, 4) is 0 Å². The molecule has 1 fully saturated rings. The molecule has 0 aliphatic carbocycles. The molecule has 0 spiro atoms. The number of piperidine rings is 1. The Morgan fingerprint density at radius 3 is 3.08 bits per heavy atom. The van der Waals surface area contributed by atoms with Crippen molar-refractivity contribution >= 4 is 5.82 Å². The molecular formula is C9H16N4. The smallest absolute Gasteiger partial charge is 0.122 e. The summed E-state index contributed by atoms with van der Waals surface area (Å²) in [7, 11) is 0. The first-order chi connectivity index (χ1) is 6.27. The van der Waals surface area contributed by atoms with E-state index >= 15 is 0 Å². The van der Waals surface area contributed by atoms with Gasteiger partial charge in [-0.15, -0.1) is 0 Å². The Morgan fingerprint density at radius 2 is 2.54 bits per heavy atom. The minimum atomic E-state index is 0.447. The minimum Gasteiger partial charge on any atom is -0.384 e. The predicted octanol–water partition coefficient (Wildman–Crippen LogP) is 0.698. The van der Waals surface area contributed by atoms with Gasteiger partial charge >= 0.3 is 0 Å². The molecule has 4 nitrogen and oxygen atoms in total. The number of anilines is 1. The van der Waals surface area contributed by atoms with Crippen LogP contribution in [0.2, 0.25) is 0 Å². The number of aryl methyl sites for hydroxylation is 1. The molecule has 1 atom stereocenters. The van der Waals surface area contributed by atoms with Crippen LogP contribution in [-0.4, -0.2) is 22.9 Å². The highest BCUT2D eigenvalue weighted by atomic mass is 15.3. The van der Waals surface area contributed by atoms with Gasteiger partial charge in [0, 0.05) is 12.6 Å². The molecule has 3 N–H and O–H groups in total. The van der Waals surface area contributed by atoms with Crippen molar-refractivity contribution in [1.29, 1.82) is 0 Å². The molecule has 0 bridgehead atoms. The lowest BCUT2D eigenvalue weighted by Gasteiger charge is -2.23. The Kier molecular flexibility index (Phi) is 2.22. The van der Waals surface area contributed by atoms with Gasteiger partial charge in [-0.25, -0.2) is 4.68 Å². The number of nitrogen functional groups attached to an aromatic ring is 1. The van der Waals surface area contributed by atoms with Crippen LogP contribution in [0, 0.1) is 6.92 Å². The molecule has 0 unspecified atom stereocenters. The van der Waals surface area contributed by atoms with E-state index < -0.39 is 0 Å². The van der Waals surface area contributed by atoms with E-state index in [0.717, 1.165) is 24.6 Å². The number of nitrogens with one attached hydrogen (secondary N) is 1. The topological polar surface area (TPSA) is 55.9 Å². The van der Waals surface area contributed by atoms with Gasteiger partial charge in [0.25, 0.3) is 0 Å². The van der Waals surface area contributed by atoms with Crippen LogP contribution in [0.3, 0.4) is 0 Å². The second-order valence-electron chi connectivity index (χ2n) is 3.66. The van der Waals surface area contributed by atoms with E-state index in [4.69, 9.17) is 5.73 Å². The molecule has 13 heavy (non-hydrogen) atoms. The normalized spacial score (nSPS) is 23.3. The molecule has 2 rings (SSSR count). The third-order valence-electron chi connectivity index (χ3n) is 2.50. The summed E-state index contributed by atoms with van der Waals surface area (Å²) < 4.78 is 1.95. The first-order valence-electron chi connectivity index (χ1n) is 4.80. The molecule has 1 aromatic heterocycles. The van der Waals surface area contributed by atoms with Gasteiger partial charge < -0.3 is 11.1 Å². The van der Waals surface area contributed by atoms with Gasteiger partial charge in [-0.1, -0.05) is 0 Å². The average Bonchev–Trinajstić information content (AvgIpc) is 2.47. The van der Waals surface area contributed by atoms with E-state index in [-0.39, 0.29) is 0 Å². The van der Waals surface area contributed by atoms with Crippen molar-refractivity contribution in [3.05, 3.63) is 11.8 Å². The predicted molar refractivity (Wildman–Crippen MR) is 52.5 cm³/mol. The van der Waals surface area contributed by atoms with Crippen LogP contribution < -0.4 is 11.1 Å². The van der Waals surface area contributed by atoms with E-state index in [1.807, 2.05) is 17.7 Å². The fraction of sp³-hybridized carbons (Fsp3) is 0.667. The Bertz CT molecular complexity index is 286. The summed E-state index contributed by atoms with van der Waals surface area (Å²) in [5, 5.41) is 7.74. The molecule has 1 aromatic rings. The second kappa shape index (κ2) is 3.38. The van der Waals surface area contributed by atoms with Crippen LogP contribution in [0.15, 0.2) is 6.07 Å². The van der Waals surface area contributed by atoms with Crippen molar-refractivity contribution in [2.24, 2.45) is 0 Å². The summed E-state index contributed by atoms with van der Waals surface area (Å²) in [5.74, 6) is 0.784. The Balaban J connectivity index is 2.18. The Labute approximate surface area is 78.1 Å². The molecule has 72 valence electrons. The van der Waals surface area contributed by atoms with E-state index in [1.54, 1.807) is 0 Å². The highest BCUT2D eigenvalue weighted by Crippen LogP contribution is 2.19. The number of nitrogens with two attached hydrogens (primary N) is 1. The minimum absolute atomic E-state index is 0.447. The SMILES string of the molecule is Cc1cc(N)n([C@H]2CCCNC2)n1. The van der Waals surface area contributed by atoms with E-state index in [0.29, 0.717) is 6.04 Å². The van der Waals surface area contributed by atoms with Gasteiger partial charge in [0.1, 0.15) is 5.82 Å². The second-order valence-corrected chi connectivity index (χ2v) is 3.66. The number of hydrogen-bond donors (Lipinski definition) is 2. The molecule has 0 radical (unpaired) electrons. The third kappa shape index (κ3) is 1.67. The van der Waals surface area contributed by atoms with Crippen LogP contribution in [-0.2, 0) is 0 Å². The zero-order valence-corrected chi connectivity index (χ0v) is 7.95. The van der Waals surface area contributed by atoms with Crippen LogP contribution in [0.4, 0.5) is 5.82 Å². The maximum atomic E-state index is 5.84. The van der Waals surface area contributed by atoms with Crippen molar-refractivity contribution < 1.29 is 0 Å². The van der Waals surface area contributed by atoms with E-state index in [2.05, 4.69) is 10.4 Å². The lowest BCUT2D eigenvalue weighted by Crippen LogP contribution is -2.32. The lowest BCUT2D eigenvalue weighted by atomic mass is 10.1. The molecule has 1 aliphatic rings. The maximum Gasteiger partial charge on any atom is 0.122 e. The third-order valence-corrected chi connectivity index (χ3v) is 2.50. The highest BCUT2D eigenvalue weighted by molar-refractivity contribution is 5.30. The van der Waals surface area contributed by atoms with Gasteiger partial charge in [0.2, 0.25) is 0 Å². The van der Waals surface area contributed by atoms with Crippen molar-refractivity contribution in [3.63, 3.8) is 0 Å². The molecule has 1 saturated heterocycles. The summed E-state index contributed by atoms with van der Waals surface area (Å²) >= 11 is 0. The molecule has 2 heterocycles. The number of hydrogen-bond acceptors (Lipinski definition) is 3. The zero-order valence-electron chi connectivity index (χ0n) is 7.95. The summed E-state index contributed by atoms with van der Waals surface area (Å²) in [6.45, 7) is 4.09. The zero-order chi connectivity index (χ0) is 9.26. The molecule has 0 aromatic carbocycles. The van der Waals surface area contributed by atoms with Crippen LogP contribution in [0.5, 0.6) is 0 Å². The Hall–Kier alpha value is -1.03. The van der Waals surface area contributed by atoms with Gasteiger partial charge in [0.05, 0.1) is 11.7 Å². The molecule has 1 aliphatic heterocycles. The molecule has 0 saturated carbocycles. The van der Waals surface area contributed by atoms with Gasteiger partial charge in [-0.3, -0.25) is 0 Å². The van der Waals surface area contributed by atoms with Crippen LogP contribution in [0.1, 0.15) is 24.6 Å². The fourth-order valence-corrected chi connectivity index (χ4v) is 1.87. The van der Waals surface area contributed by atoms with Crippen molar-refractivity contribution in [2.75, 3.05) is 18.8 Å². The van der Waals surface area contributed by atoms with E-state index in [1.165, 1.54) is 12.8 Å². The number of rotatable bonds is 1. The molecule has 0 amide bonds. The number of nitrogens with zero attached hydrogens (tertiary/aromatic N) is 2. The summed E-state index contributed by atoms with van der Waals surface area (Å²) in [6, 6.07) is 2.37. The Morgan fingerprint density at radius 1 is 1.69 bits per heavy atom. The van der Waals surface area contributed by atoms with Crippen LogP contribution in [0.25, 0.3) is 0 Å². The van der Waals surface area contributed by atoms with Crippen molar-refractivity contribution in [1.82, 2.24) is 15.1 Å². The van der Waals surface area contributed by atoms with Gasteiger partial charge in [0.15, 0.2) is 0 Å². The monoisotopic (exact) mass is 180 g/mol. The maximum absolute atomic E-state index is 5.84. The summed E-state index contributed by atoms with van der Waals surface area (Å²) in [6.07, 6.45) is 2.39. The fourth-order valence-electron chi connectivity index (χ4n) is 1.87.